The minimum atomic E-state index is -3.81. The molecule has 0 heterocycles. The molecule has 6 nitrogen and oxygen atoms in total. The summed E-state index contributed by atoms with van der Waals surface area (Å²) in [7, 11) is -2.22. The van der Waals surface area contributed by atoms with E-state index in [-0.39, 0.29) is 4.90 Å². The van der Waals surface area contributed by atoms with Gasteiger partial charge in [0.15, 0.2) is 0 Å². The minimum absolute atomic E-state index is 0.151. The average Bonchev–Trinajstić information content (AvgIpc) is 2.79. The Kier molecular flexibility index (Phi) is 7.53. The Balaban J connectivity index is 1.94. The van der Waals surface area contributed by atoms with Gasteiger partial charge in [0.25, 0.3) is 10.0 Å². The van der Waals surface area contributed by atoms with Gasteiger partial charge in [0.05, 0.1) is 24.3 Å². The van der Waals surface area contributed by atoms with E-state index >= 15 is 0 Å². The summed E-state index contributed by atoms with van der Waals surface area (Å²) >= 11 is 0. The molecular formula is C25H28N2O4S. The van der Waals surface area contributed by atoms with Crippen LogP contribution in [0.2, 0.25) is 0 Å². The highest BCUT2D eigenvalue weighted by atomic mass is 32.2. The number of ether oxygens (including phenoxy) is 2. The van der Waals surface area contributed by atoms with Gasteiger partial charge in [-0.2, -0.15) is 18.4 Å². The maximum absolute atomic E-state index is 12.8. The van der Waals surface area contributed by atoms with Gasteiger partial charge in [-0.05, 0) is 73.5 Å². The van der Waals surface area contributed by atoms with Crippen molar-refractivity contribution in [2.45, 2.75) is 25.7 Å². The Labute approximate surface area is 190 Å². The Bertz CT molecular complexity index is 1150. The predicted molar refractivity (Wildman–Crippen MR) is 127 cm³/mol. The van der Waals surface area contributed by atoms with E-state index in [9.17, 15) is 8.42 Å². The van der Waals surface area contributed by atoms with Gasteiger partial charge in [-0.25, -0.2) is 0 Å². The number of rotatable bonds is 9. The van der Waals surface area contributed by atoms with E-state index in [0.717, 1.165) is 22.4 Å². The second-order valence-electron chi connectivity index (χ2n) is 7.83. The smallest absolute Gasteiger partial charge is 0.276 e. The number of nitrogens with zero attached hydrogens (tertiary/aromatic N) is 1. The second kappa shape index (κ2) is 10.3. The van der Waals surface area contributed by atoms with Gasteiger partial charge in [0, 0.05) is 11.1 Å². The summed E-state index contributed by atoms with van der Waals surface area (Å²) in [6.07, 6.45) is 0. The molecule has 0 spiro atoms. The fourth-order valence-electron chi connectivity index (χ4n) is 2.89. The number of methoxy groups -OCH3 is 1. The fourth-order valence-corrected chi connectivity index (χ4v) is 3.70. The lowest BCUT2D eigenvalue weighted by Crippen LogP contribution is -2.21. The molecule has 0 radical (unpaired) electrons. The molecule has 0 fully saturated rings. The average molecular weight is 453 g/mol. The number of benzene rings is 3. The summed E-state index contributed by atoms with van der Waals surface area (Å²) in [5.41, 5.74) is 2.96. The first-order chi connectivity index (χ1) is 15.3. The van der Waals surface area contributed by atoms with E-state index in [1.807, 2.05) is 43.3 Å². The zero-order chi connectivity index (χ0) is 23.1. The Hall–Kier alpha value is -3.32. The topological polar surface area (TPSA) is 77.0 Å². The zero-order valence-corrected chi connectivity index (χ0v) is 19.5. The lowest BCUT2D eigenvalue weighted by molar-refractivity contribution is 0.271. The van der Waals surface area contributed by atoms with Crippen LogP contribution in [-0.2, 0) is 10.0 Å². The number of hydrogen-bond acceptors (Lipinski definition) is 5. The monoisotopic (exact) mass is 452 g/mol. The molecule has 7 heteroatoms. The van der Waals surface area contributed by atoms with Crippen LogP contribution in [0.15, 0.2) is 82.8 Å². The first-order valence-corrected chi connectivity index (χ1v) is 11.8. The van der Waals surface area contributed by atoms with Crippen LogP contribution in [0.4, 0.5) is 0 Å². The van der Waals surface area contributed by atoms with Crippen LogP contribution in [0, 0.1) is 12.8 Å². The summed E-state index contributed by atoms with van der Waals surface area (Å²) in [6, 6.07) is 21.3. The second-order valence-corrected chi connectivity index (χ2v) is 9.49. The Morgan fingerprint density at radius 3 is 1.91 bits per heavy atom. The molecule has 168 valence electrons. The van der Waals surface area contributed by atoms with Gasteiger partial charge in [-0.15, -0.1) is 0 Å². The zero-order valence-electron chi connectivity index (χ0n) is 18.7. The number of nitrogens with one attached hydrogen (secondary N) is 1. The highest BCUT2D eigenvalue weighted by Gasteiger charge is 2.15. The van der Waals surface area contributed by atoms with Crippen LogP contribution in [0.3, 0.4) is 0 Å². The van der Waals surface area contributed by atoms with Crippen molar-refractivity contribution in [1.82, 2.24) is 4.83 Å². The normalized spacial score (nSPS) is 12.0. The molecule has 1 N–H and O–H groups in total. The van der Waals surface area contributed by atoms with Crippen molar-refractivity contribution in [2.75, 3.05) is 13.7 Å². The molecule has 0 saturated heterocycles. The summed E-state index contributed by atoms with van der Waals surface area (Å²) in [6.45, 7) is 6.69. The van der Waals surface area contributed by atoms with Crippen LogP contribution < -0.4 is 14.3 Å². The molecular weight excluding hydrogens is 424 g/mol. The van der Waals surface area contributed by atoms with Crippen molar-refractivity contribution in [3.05, 3.63) is 89.5 Å². The van der Waals surface area contributed by atoms with Crippen LogP contribution >= 0.6 is 0 Å². The maximum Gasteiger partial charge on any atom is 0.276 e. The van der Waals surface area contributed by atoms with E-state index in [1.54, 1.807) is 43.5 Å². The number of sulfonamides is 1. The lowest BCUT2D eigenvalue weighted by atomic mass is 10.0. The molecule has 0 bridgehead atoms. The summed E-state index contributed by atoms with van der Waals surface area (Å²) < 4.78 is 36.5. The molecule has 0 saturated carbocycles. The van der Waals surface area contributed by atoms with Crippen molar-refractivity contribution in [3.8, 4) is 11.5 Å². The molecule has 0 unspecified atom stereocenters. The third-order valence-corrected chi connectivity index (χ3v) is 5.91. The fraction of sp³-hybridized carbons (Fsp3) is 0.240. The summed E-state index contributed by atoms with van der Waals surface area (Å²) in [5.74, 6) is 1.87. The van der Waals surface area contributed by atoms with Crippen molar-refractivity contribution < 1.29 is 17.9 Å². The molecule has 0 aromatic heterocycles. The van der Waals surface area contributed by atoms with Crippen molar-refractivity contribution in [3.63, 3.8) is 0 Å². The van der Waals surface area contributed by atoms with Gasteiger partial charge < -0.3 is 9.47 Å². The summed E-state index contributed by atoms with van der Waals surface area (Å²) in [4.78, 5) is 2.52. The third kappa shape index (κ3) is 6.11. The first-order valence-electron chi connectivity index (χ1n) is 10.3. The largest absolute Gasteiger partial charge is 0.497 e. The predicted octanol–water partition coefficient (Wildman–Crippen LogP) is 4.77. The molecule has 0 aliphatic heterocycles. The van der Waals surface area contributed by atoms with E-state index in [0.29, 0.717) is 24.0 Å². The molecule has 3 rings (SSSR count). The number of hydrazone groups is 1. The van der Waals surface area contributed by atoms with Crippen LogP contribution in [-0.4, -0.2) is 27.8 Å². The van der Waals surface area contributed by atoms with Gasteiger partial charge in [-0.3, -0.25) is 0 Å². The molecule has 0 amide bonds. The molecule has 32 heavy (non-hydrogen) atoms. The SMILES string of the molecule is COc1ccc(/C(=N\NS(=O)(=O)c2ccc(C)cc2)c2ccc(OCC(C)C)cc2)cc1. The highest BCUT2D eigenvalue weighted by molar-refractivity contribution is 7.89. The molecule has 3 aromatic rings. The number of hydrogen-bond donors (Lipinski definition) is 1. The summed E-state index contributed by atoms with van der Waals surface area (Å²) in [5, 5.41) is 4.29. The van der Waals surface area contributed by atoms with Gasteiger partial charge >= 0.3 is 0 Å². The standard InChI is InChI=1S/C25H28N2O4S/c1-18(2)17-31-23-13-9-21(10-14-23)25(20-7-11-22(30-4)12-8-20)26-27-32(28,29)24-15-5-19(3)6-16-24/h5-16,18,27H,17H2,1-4H3/b26-25+. The third-order valence-electron chi connectivity index (χ3n) is 4.68. The van der Waals surface area contributed by atoms with Gasteiger partial charge in [0.1, 0.15) is 11.5 Å². The van der Waals surface area contributed by atoms with E-state index in [1.165, 1.54) is 0 Å². The first kappa shape index (κ1) is 23.3. The van der Waals surface area contributed by atoms with Crippen molar-refractivity contribution >= 4 is 15.7 Å². The quantitative estimate of drug-likeness (QED) is 0.375. The number of aryl methyl sites for hydroxylation is 1. The van der Waals surface area contributed by atoms with E-state index < -0.39 is 10.0 Å². The lowest BCUT2D eigenvalue weighted by Gasteiger charge is -2.12. The van der Waals surface area contributed by atoms with Crippen LogP contribution in [0.1, 0.15) is 30.5 Å². The molecule has 0 atom stereocenters. The van der Waals surface area contributed by atoms with Crippen LogP contribution in [0.5, 0.6) is 11.5 Å². The van der Waals surface area contributed by atoms with Gasteiger partial charge in [-0.1, -0.05) is 31.5 Å². The van der Waals surface area contributed by atoms with Crippen LogP contribution in [0.25, 0.3) is 0 Å². The Morgan fingerprint density at radius 2 is 1.41 bits per heavy atom. The minimum Gasteiger partial charge on any atom is -0.497 e. The maximum atomic E-state index is 12.8. The van der Waals surface area contributed by atoms with Crippen molar-refractivity contribution in [1.29, 1.82) is 0 Å². The molecule has 0 aliphatic rings. The van der Waals surface area contributed by atoms with E-state index in [2.05, 4.69) is 23.8 Å². The highest BCUT2D eigenvalue weighted by Crippen LogP contribution is 2.19. The molecule has 3 aromatic carbocycles. The van der Waals surface area contributed by atoms with E-state index in [4.69, 9.17) is 9.47 Å². The van der Waals surface area contributed by atoms with Crippen molar-refractivity contribution in [2.24, 2.45) is 11.0 Å². The van der Waals surface area contributed by atoms with Gasteiger partial charge in [0.2, 0.25) is 0 Å². The molecule has 0 aliphatic carbocycles. The Morgan fingerprint density at radius 1 is 0.875 bits per heavy atom.